The summed E-state index contributed by atoms with van der Waals surface area (Å²) in [7, 11) is -1.63. The lowest BCUT2D eigenvalue weighted by molar-refractivity contribution is 0.283. The first-order valence-corrected chi connectivity index (χ1v) is 7.16. The monoisotopic (exact) mass is 285 g/mol. The summed E-state index contributed by atoms with van der Waals surface area (Å²) >= 11 is 0. The van der Waals surface area contributed by atoms with Gasteiger partial charge in [0.1, 0.15) is 11.9 Å². The minimum atomic E-state index is -3.23. The number of likely N-dealkylation sites (N-methyl/N-ethyl adjacent to an activating group) is 1. The molecule has 0 atom stereocenters. The largest absolute Gasteiger partial charge is 0.268 e. The van der Waals surface area contributed by atoms with Gasteiger partial charge in [0.25, 0.3) is 0 Å². The lowest BCUT2D eigenvalue weighted by Gasteiger charge is -2.43. The molecule has 1 aromatic rings. The third-order valence-electron chi connectivity index (χ3n) is 3.40. The highest BCUT2D eigenvalue weighted by atomic mass is 32.3. The first-order valence-electron chi connectivity index (χ1n) is 5.70. The van der Waals surface area contributed by atoms with Gasteiger partial charge in [0.15, 0.2) is 0 Å². The molecular weight excluding hydrogens is 269 g/mol. The molecule has 0 spiro atoms. The number of nitriles is 1. The van der Waals surface area contributed by atoms with Crippen molar-refractivity contribution in [2.45, 2.75) is 19.4 Å². The van der Waals surface area contributed by atoms with Crippen LogP contribution in [0.3, 0.4) is 0 Å². The molecule has 0 radical (unpaired) electrons. The van der Waals surface area contributed by atoms with E-state index < -0.39 is 22.3 Å². The van der Waals surface area contributed by atoms with Crippen LogP contribution in [0.2, 0.25) is 0 Å². The van der Waals surface area contributed by atoms with Gasteiger partial charge in [-0.15, -0.1) is 0 Å². The Kier molecular flexibility index (Phi) is 3.23. The first kappa shape index (κ1) is 14.1. The van der Waals surface area contributed by atoms with Gasteiger partial charge in [0.2, 0.25) is 0 Å². The SMILES string of the molecule is CN1C(C)(C)CN(c2cc(F)ccc2C#N)S1(O)O. The number of benzene rings is 1. The summed E-state index contributed by atoms with van der Waals surface area (Å²) in [6.45, 7) is 4.00. The topological polar surface area (TPSA) is 70.7 Å². The van der Waals surface area contributed by atoms with Crippen molar-refractivity contribution in [2.75, 3.05) is 17.9 Å². The Balaban J connectivity index is 2.54. The summed E-state index contributed by atoms with van der Waals surface area (Å²) in [6.07, 6.45) is 0. The van der Waals surface area contributed by atoms with Gasteiger partial charge in [0, 0.05) is 13.1 Å². The van der Waals surface area contributed by atoms with E-state index >= 15 is 0 Å². The summed E-state index contributed by atoms with van der Waals surface area (Å²) in [5.74, 6) is -0.517. The average Bonchev–Trinajstić information content (AvgIpc) is 2.49. The zero-order chi connectivity index (χ0) is 14.4. The highest BCUT2D eigenvalue weighted by molar-refractivity contribution is 8.23. The minimum Gasteiger partial charge on any atom is -0.268 e. The molecule has 1 heterocycles. The van der Waals surface area contributed by atoms with Crippen LogP contribution in [0, 0.1) is 17.1 Å². The number of anilines is 1. The number of halogens is 1. The van der Waals surface area contributed by atoms with Crippen LogP contribution in [0.4, 0.5) is 10.1 Å². The molecule has 0 bridgehead atoms. The lowest BCUT2D eigenvalue weighted by Crippen LogP contribution is -2.37. The van der Waals surface area contributed by atoms with E-state index in [0.717, 1.165) is 6.07 Å². The Labute approximate surface area is 113 Å². The molecule has 19 heavy (non-hydrogen) atoms. The van der Waals surface area contributed by atoms with Gasteiger partial charge in [-0.2, -0.15) is 9.57 Å². The molecule has 0 saturated carbocycles. The van der Waals surface area contributed by atoms with Crippen LogP contribution in [0.15, 0.2) is 18.2 Å². The van der Waals surface area contributed by atoms with E-state index in [0.29, 0.717) is 6.54 Å². The Morgan fingerprint density at radius 2 is 2.05 bits per heavy atom. The Morgan fingerprint density at radius 1 is 1.42 bits per heavy atom. The summed E-state index contributed by atoms with van der Waals surface area (Å²) in [5, 5.41) is 9.07. The van der Waals surface area contributed by atoms with Crippen LogP contribution in [0.5, 0.6) is 0 Å². The summed E-state index contributed by atoms with van der Waals surface area (Å²) in [5.41, 5.74) is -0.0647. The van der Waals surface area contributed by atoms with Crippen LogP contribution >= 0.6 is 11.0 Å². The summed E-state index contributed by atoms with van der Waals surface area (Å²) < 4.78 is 36.7. The minimum absolute atomic E-state index is 0.208. The highest BCUT2D eigenvalue weighted by Crippen LogP contribution is 2.58. The molecule has 0 aromatic heterocycles. The standard InChI is InChI=1S/C12H16FN3O2S/c1-12(2)8-16(19(17,18)15(12)3)11-6-10(13)5-4-9(11)7-14/h4-6,17-18H,8H2,1-3H3. The maximum Gasteiger partial charge on any atom is 0.125 e. The van der Waals surface area contributed by atoms with E-state index in [-0.39, 0.29) is 11.3 Å². The Hall–Kier alpha value is -1.33. The van der Waals surface area contributed by atoms with Crippen LogP contribution in [-0.2, 0) is 0 Å². The maximum atomic E-state index is 13.4. The average molecular weight is 285 g/mol. The molecule has 7 heteroatoms. The van der Waals surface area contributed by atoms with E-state index in [2.05, 4.69) is 0 Å². The molecule has 5 nitrogen and oxygen atoms in total. The van der Waals surface area contributed by atoms with Crippen LogP contribution in [-0.4, -0.2) is 32.5 Å². The summed E-state index contributed by atoms with van der Waals surface area (Å²) in [4.78, 5) is 0. The molecule has 0 aliphatic carbocycles. The van der Waals surface area contributed by atoms with Crippen molar-refractivity contribution >= 4 is 16.6 Å². The van der Waals surface area contributed by atoms with Gasteiger partial charge in [0.05, 0.1) is 23.3 Å². The molecule has 1 saturated heterocycles. The molecule has 1 aliphatic rings. The van der Waals surface area contributed by atoms with Crippen LogP contribution < -0.4 is 4.31 Å². The second-order valence-electron chi connectivity index (χ2n) is 5.11. The highest BCUT2D eigenvalue weighted by Gasteiger charge is 2.47. The van der Waals surface area contributed by atoms with Gasteiger partial charge in [-0.25, -0.2) is 4.39 Å². The zero-order valence-corrected chi connectivity index (χ0v) is 11.8. The fraction of sp³-hybridized carbons (Fsp3) is 0.417. The van der Waals surface area contributed by atoms with Gasteiger partial charge >= 0.3 is 0 Å². The van der Waals surface area contributed by atoms with Crippen molar-refractivity contribution in [1.82, 2.24) is 4.31 Å². The normalized spacial score (nSPS) is 23.1. The zero-order valence-electron chi connectivity index (χ0n) is 11.0. The number of nitrogens with zero attached hydrogens (tertiary/aromatic N) is 3. The quantitative estimate of drug-likeness (QED) is 0.830. The molecule has 2 rings (SSSR count). The Bertz CT molecular complexity index is 556. The van der Waals surface area contributed by atoms with E-state index in [4.69, 9.17) is 5.26 Å². The number of hydrogen-bond donors (Lipinski definition) is 2. The van der Waals surface area contributed by atoms with Gasteiger partial charge in [-0.05, 0) is 26.0 Å². The lowest BCUT2D eigenvalue weighted by atomic mass is 10.1. The smallest absolute Gasteiger partial charge is 0.125 e. The van der Waals surface area contributed by atoms with Crippen LogP contribution in [0.1, 0.15) is 19.4 Å². The molecule has 1 aliphatic heterocycles. The van der Waals surface area contributed by atoms with Gasteiger partial charge < -0.3 is 0 Å². The predicted octanol–water partition coefficient (Wildman–Crippen LogP) is 2.81. The van der Waals surface area contributed by atoms with Crippen molar-refractivity contribution < 1.29 is 13.5 Å². The van der Waals surface area contributed by atoms with Crippen molar-refractivity contribution in [3.05, 3.63) is 29.6 Å². The van der Waals surface area contributed by atoms with Crippen molar-refractivity contribution in [2.24, 2.45) is 0 Å². The van der Waals surface area contributed by atoms with E-state index in [9.17, 15) is 13.5 Å². The molecule has 104 valence electrons. The van der Waals surface area contributed by atoms with Crippen LogP contribution in [0.25, 0.3) is 0 Å². The first-order chi connectivity index (χ1) is 8.70. The number of rotatable bonds is 1. The van der Waals surface area contributed by atoms with Gasteiger partial charge in [-0.1, -0.05) is 11.0 Å². The fourth-order valence-corrected chi connectivity index (χ4v) is 3.96. The molecule has 2 N–H and O–H groups in total. The van der Waals surface area contributed by atoms with Gasteiger partial charge in [-0.3, -0.25) is 13.4 Å². The Morgan fingerprint density at radius 3 is 2.53 bits per heavy atom. The molecule has 0 amide bonds. The number of hydrogen-bond acceptors (Lipinski definition) is 5. The van der Waals surface area contributed by atoms with E-state index in [1.165, 1.54) is 20.7 Å². The molecular formula is C12H16FN3O2S. The predicted molar refractivity (Wildman–Crippen MR) is 73.2 cm³/mol. The second-order valence-corrected chi connectivity index (χ2v) is 7.08. The third kappa shape index (κ3) is 2.17. The molecule has 0 unspecified atom stereocenters. The second kappa shape index (κ2) is 4.35. The van der Waals surface area contributed by atoms with Crippen molar-refractivity contribution in [1.29, 1.82) is 5.26 Å². The third-order valence-corrected chi connectivity index (χ3v) is 5.54. The summed E-state index contributed by atoms with van der Waals surface area (Å²) in [6, 6.07) is 5.62. The van der Waals surface area contributed by atoms with E-state index in [1.54, 1.807) is 7.05 Å². The molecule has 1 fully saturated rings. The van der Waals surface area contributed by atoms with E-state index in [1.807, 2.05) is 19.9 Å². The van der Waals surface area contributed by atoms with Crippen molar-refractivity contribution in [3.63, 3.8) is 0 Å². The fourth-order valence-electron chi connectivity index (χ4n) is 2.04. The maximum absolute atomic E-state index is 13.4. The molecule has 1 aromatic carbocycles. The van der Waals surface area contributed by atoms with Crippen molar-refractivity contribution in [3.8, 4) is 6.07 Å².